The van der Waals surface area contributed by atoms with Crippen LogP contribution in [0.4, 0.5) is 0 Å². The first kappa shape index (κ1) is 21.4. The molecule has 0 radical (unpaired) electrons. The van der Waals surface area contributed by atoms with Crippen LogP contribution in [0.5, 0.6) is 5.75 Å². The van der Waals surface area contributed by atoms with Gasteiger partial charge in [0.05, 0.1) is 24.4 Å². The van der Waals surface area contributed by atoms with Gasteiger partial charge in [-0.1, -0.05) is 30.0 Å². The second kappa shape index (κ2) is 9.21. The number of thiophene rings is 1. The van der Waals surface area contributed by atoms with Gasteiger partial charge in [-0.05, 0) is 54.8 Å². The highest BCUT2D eigenvalue weighted by Crippen LogP contribution is 2.31. The van der Waals surface area contributed by atoms with Gasteiger partial charge >= 0.3 is 0 Å². The number of hydrogen-bond donors (Lipinski definition) is 1. The van der Waals surface area contributed by atoms with Crippen LogP contribution in [-0.4, -0.2) is 37.8 Å². The maximum Gasteiger partial charge on any atom is 0.233 e. The number of thioether (sulfide) groups is 1. The van der Waals surface area contributed by atoms with Crippen LogP contribution in [0.3, 0.4) is 0 Å². The number of hydrogen-bond acceptors (Lipinski definition) is 7. The molecule has 33 heavy (non-hydrogen) atoms. The zero-order valence-electron chi connectivity index (χ0n) is 18.1. The van der Waals surface area contributed by atoms with E-state index in [9.17, 15) is 4.79 Å². The second-order valence-corrected chi connectivity index (χ2v) is 9.72. The molecule has 0 saturated heterocycles. The van der Waals surface area contributed by atoms with Crippen molar-refractivity contribution in [1.82, 2.24) is 24.9 Å². The molecule has 2 aromatic carbocycles. The summed E-state index contributed by atoms with van der Waals surface area (Å²) < 4.78 is 7.23. The summed E-state index contributed by atoms with van der Waals surface area (Å²) in [5, 5.41) is 15.1. The maximum absolute atomic E-state index is 12.7. The van der Waals surface area contributed by atoms with Crippen molar-refractivity contribution in [3.05, 3.63) is 70.9 Å². The highest BCUT2D eigenvalue weighted by Gasteiger charge is 2.21. The number of carbonyl (C=O) groups is 1. The zero-order chi connectivity index (χ0) is 22.8. The molecule has 5 aromatic rings. The Morgan fingerprint density at radius 3 is 2.70 bits per heavy atom. The summed E-state index contributed by atoms with van der Waals surface area (Å²) >= 11 is 2.99. The van der Waals surface area contributed by atoms with Gasteiger partial charge in [0.2, 0.25) is 5.91 Å². The number of nitrogens with one attached hydrogen (secondary N) is 1. The third-order valence-corrected chi connectivity index (χ3v) is 7.15. The van der Waals surface area contributed by atoms with Gasteiger partial charge in [0.1, 0.15) is 11.6 Å². The molecule has 1 amide bonds. The van der Waals surface area contributed by atoms with Crippen LogP contribution >= 0.6 is 23.1 Å². The summed E-state index contributed by atoms with van der Waals surface area (Å²) in [5.74, 6) is 1.43. The van der Waals surface area contributed by atoms with Gasteiger partial charge in [0.15, 0.2) is 10.8 Å². The van der Waals surface area contributed by atoms with Crippen molar-refractivity contribution in [3.8, 4) is 17.1 Å². The van der Waals surface area contributed by atoms with Crippen molar-refractivity contribution in [2.75, 3.05) is 7.11 Å². The predicted octanol–water partition coefficient (Wildman–Crippen LogP) is 4.81. The lowest BCUT2D eigenvalue weighted by molar-refractivity contribution is -0.120. The summed E-state index contributed by atoms with van der Waals surface area (Å²) in [6.07, 6.45) is 0. The topological polar surface area (TPSA) is 81.4 Å². The van der Waals surface area contributed by atoms with E-state index in [1.165, 1.54) is 11.8 Å². The van der Waals surface area contributed by atoms with Crippen molar-refractivity contribution < 1.29 is 9.53 Å². The summed E-state index contributed by atoms with van der Waals surface area (Å²) in [7, 11) is 1.64. The van der Waals surface area contributed by atoms with Crippen molar-refractivity contribution in [1.29, 1.82) is 0 Å². The average molecular weight is 476 g/mol. The third kappa shape index (κ3) is 4.29. The van der Waals surface area contributed by atoms with Crippen LogP contribution in [0.2, 0.25) is 0 Å². The van der Waals surface area contributed by atoms with E-state index in [-0.39, 0.29) is 11.2 Å². The van der Waals surface area contributed by atoms with Gasteiger partial charge < -0.3 is 10.1 Å². The largest absolute Gasteiger partial charge is 0.497 e. The molecule has 1 N–H and O–H groups in total. The second-order valence-electron chi connectivity index (χ2n) is 7.38. The summed E-state index contributed by atoms with van der Waals surface area (Å²) in [5.41, 5.74) is 2.45. The van der Waals surface area contributed by atoms with E-state index in [1.54, 1.807) is 18.4 Å². The zero-order valence-corrected chi connectivity index (χ0v) is 19.7. The normalized spacial score (nSPS) is 12.2. The van der Waals surface area contributed by atoms with Crippen LogP contribution < -0.4 is 10.1 Å². The Kier molecular flexibility index (Phi) is 5.97. The predicted molar refractivity (Wildman–Crippen MR) is 132 cm³/mol. The van der Waals surface area contributed by atoms with Crippen molar-refractivity contribution in [3.63, 3.8) is 0 Å². The molecule has 0 aliphatic heterocycles. The monoisotopic (exact) mass is 475 g/mol. The number of ether oxygens (including phenoxy) is 1. The number of carbonyl (C=O) groups excluding carboxylic acids is 1. The van der Waals surface area contributed by atoms with E-state index in [1.807, 2.05) is 77.4 Å². The molecule has 7 nitrogen and oxygen atoms in total. The number of benzene rings is 2. The van der Waals surface area contributed by atoms with Crippen LogP contribution in [-0.2, 0) is 11.3 Å². The van der Waals surface area contributed by atoms with Crippen molar-refractivity contribution in [2.45, 2.75) is 23.9 Å². The van der Waals surface area contributed by atoms with E-state index < -0.39 is 0 Å². The Hall–Kier alpha value is -3.43. The quantitative estimate of drug-likeness (QED) is 0.340. The summed E-state index contributed by atoms with van der Waals surface area (Å²) in [6, 6.07) is 19.6. The molecule has 0 bridgehead atoms. The Morgan fingerprint density at radius 1 is 1.12 bits per heavy atom. The maximum atomic E-state index is 12.7. The number of para-hydroxylation sites is 1. The van der Waals surface area contributed by atoms with E-state index in [4.69, 9.17) is 9.72 Å². The fraction of sp³-hybridized carbons (Fsp3) is 0.167. The van der Waals surface area contributed by atoms with Gasteiger partial charge in [0.25, 0.3) is 0 Å². The van der Waals surface area contributed by atoms with E-state index in [2.05, 4.69) is 15.5 Å². The Labute approximate surface area is 198 Å². The van der Waals surface area contributed by atoms with Gasteiger partial charge in [0, 0.05) is 15.8 Å². The third-order valence-electron chi connectivity index (χ3n) is 5.23. The molecule has 0 fully saturated rings. The minimum Gasteiger partial charge on any atom is -0.497 e. The lowest BCUT2D eigenvalue weighted by Gasteiger charge is -2.13. The number of amides is 1. The first-order chi connectivity index (χ1) is 16.1. The number of rotatable bonds is 7. The molecule has 0 aliphatic carbocycles. The molecule has 1 atom stereocenters. The number of methoxy groups -OCH3 is 1. The molecule has 0 saturated carbocycles. The summed E-state index contributed by atoms with van der Waals surface area (Å²) in [4.78, 5) is 18.8. The van der Waals surface area contributed by atoms with Crippen LogP contribution in [0.15, 0.2) is 71.2 Å². The van der Waals surface area contributed by atoms with Crippen LogP contribution in [0.1, 0.15) is 11.8 Å². The minimum atomic E-state index is -0.354. The molecule has 1 unspecified atom stereocenters. The molecule has 0 aliphatic rings. The lowest BCUT2D eigenvalue weighted by Crippen LogP contribution is -2.30. The molecular formula is C24H21N5O2S2. The highest BCUT2D eigenvalue weighted by atomic mass is 32.2. The first-order valence-electron chi connectivity index (χ1n) is 10.4. The van der Waals surface area contributed by atoms with E-state index >= 15 is 0 Å². The molecule has 0 spiro atoms. The number of aromatic nitrogens is 4. The molecule has 166 valence electrons. The molecule has 3 heterocycles. The average Bonchev–Trinajstić information content (AvgIpc) is 3.52. The molecule has 5 rings (SSSR count). The molecule has 9 heteroatoms. The number of nitrogens with zero attached hydrogens (tertiary/aromatic N) is 4. The standard InChI is InChI=1S/C24H21N5O2S2/c1-15(23(30)25-14-18-6-5-13-32-18)33-24-28-27-22-19-7-3-4-8-20(19)26-21(29(22)24)16-9-11-17(31-2)12-10-16/h3-13,15H,14H2,1-2H3,(H,25,30). The van der Waals surface area contributed by atoms with Gasteiger partial charge in [-0.2, -0.15) is 0 Å². The van der Waals surface area contributed by atoms with Gasteiger partial charge in [-0.25, -0.2) is 4.98 Å². The number of fused-ring (bicyclic) bond motifs is 3. The molecule has 3 aromatic heterocycles. The van der Waals surface area contributed by atoms with Crippen molar-refractivity contribution in [2.24, 2.45) is 0 Å². The first-order valence-corrected chi connectivity index (χ1v) is 12.1. The van der Waals surface area contributed by atoms with Crippen LogP contribution in [0, 0.1) is 0 Å². The minimum absolute atomic E-state index is 0.0510. The van der Waals surface area contributed by atoms with Gasteiger partial charge in [-0.15, -0.1) is 21.5 Å². The van der Waals surface area contributed by atoms with E-state index in [0.29, 0.717) is 23.2 Å². The summed E-state index contributed by atoms with van der Waals surface area (Å²) in [6.45, 7) is 2.39. The lowest BCUT2D eigenvalue weighted by atomic mass is 10.1. The SMILES string of the molecule is COc1ccc(-c2nc3ccccc3c3nnc(SC(C)C(=O)NCc4cccs4)n23)cc1. The van der Waals surface area contributed by atoms with Crippen molar-refractivity contribution >= 4 is 45.6 Å². The fourth-order valence-corrected chi connectivity index (χ4v) is 5.03. The van der Waals surface area contributed by atoms with E-state index in [0.717, 1.165) is 27.1 Å². The molecular weight excluding hydrogens is 454 g/mol. The highest BCUT2D eigenvalue weighted by molar-refractivity contribution is 8.00. The Bertz CT molecular complexity index is 1410. The smallest absolute Gasteiger partial charge is 0.233 e. The van der Waals surface area contributed by atoms with Crippen LogP contribution in [0.25, 0.3) is 27.9 Å². The fourth-order valence-electron chi connectivity index (χ4n) is 3.51. The Morgan fingerprint density at radius 2 is 1.94 bits per heavy atom. The van der Waals surface area contributed by atoms with Gasteiger partial charge in [-0.3, -0.25) is 9.20 Å². The Balaban J connectivity index is 1.52.